The van der Waals surface area contributed by atoms with Crippen LogP contribution in [0.2, 0.25) is 0 Å². The lowest BCUT2D eigenvalue weighted by molar-refractivity contribution is -0.139. The summed E-state index contributed by atoms with van der Waals surface area (Å²) in [6, 6.07) is 17.4. The number of benzene rings is 3. The summed E-state index contributed by atoms with van der Waals surface area (Å²) in [5, 5.41) is 2.94. The number of hydrogen-bond donors (Lipinski definition) is 1. The normalized spacial score (nSPS) is 12.5. The summed E-state index contributed by atoms with van der Waals surface area (Å²) in [5.74, 6) is 0.276. The molecular weight excluding hydrogens is 582 g/mol. The molecule has 0 saturated carbocycles. The highest BCUT2D eigenvalue weighted by molar-refractivity contribution is 7.92. The number of rotatable bonds is 15. The molecule has 0 aliphatic carbocycles. The number of ether oxygens (including phenoxy) is 3. The first-order chi connectivity index (χ1) is 20.9. The molecule has 0 unspecified atom stereocenters. The van der Waals surface area contributed by atoms with Crippen LogP contribution in [0.4, 0.5) is 5.69 Å². The molecule has 10 nitrogen and oxygen atoms in total. The molecule has 0 radical (unpaired) electrons. The van der Waals surface area contributed by atoms with Crippen molar-refractivity contribution >= 4 is 27.5 Å². The topological polar surface area (TPSA) is 114 Å². The number of aryl methyl sites for hydroxylation is 1. The van der Waals surface area contributed by atoms with Gasteiger partial charge in [0, 0.05) is 18.7 Å². The van der Waals surface area contributed by atoms with Crippen LogP contribution in [-0.4, -0.2) is 64.6 Å². The van der Waals surface area contributed by atoms with Crippen molar-refractivity contribution in [1.29, 1.82) is 0 Å². The first-order valence-electron chi connectivity index (χ1n) is 14.6. The molecule has 0 bridgehead atoms. The van der Waals surface area contributed by atoms with Crippen molar-refractivity contribution < 1.29 is 32.2 Å². The Balaban J connectivity index is 2.08. The smallest absolute Gasteiger partial charge is 0.264 e. The molecule has 0 aromatic heterocycles. The van der Waals surface area contributed by atoms with Gasteiger partial charge in [-0.15, -0.1) is 0 Å². The van der Waals surface area contributed by atoms with Gasteiger partial charge in [-0.25, -0.2) is 8.42 Å². The van der Waals surface area contributed by atoms with Gasteiger partial charge in [0.05, 0.1) is 31.4 Å². The molecule has 0 spiro atoms. The van der Waals surface area contributed by atoms with Crippen LogP contribution < -0.4 is 23.8 Å². The number of hydrogen-bond acceptors (Lipinski definition) is 7. The number of amides is 2. The second-order valence-electron chi connectivity index (χ2n) is 10.5. The maximum atomic E-state index is 14.2. The van der Waals surface area contributed by atoms with Crippen LogP contribution in [0, 0.1) is 6.92 Å². The summed E-state index contributed by atoms with van der Waals surface area (Å²) in [5.41, 5.74) is 2.07. The maximum absolute atomic E-state index is 14.2. The molecule has 0 aliphatic heterocycles. The number of carbonyl (C=O) groups is 2. The fourth-order valence-corrected chi connectivity index (χ4v) is 5.99. The predicted molar refractivity (Wildman–Crippen MR) is 171 cm³/mol. The molecule has 3 aromatic rings. The first-order valence-corrected chi connectivity index (χ1v) is 16.0. The highest BCUT2D eigenvalue weighted by Crippen LogP contribution is 2.33. The van der Waals surface area contributed by atoms with Gasteiger partial charge >= 0.3 is 0 Å². The molecular formula is C33H43N3O7S. The van der Waals surface area contributed by atoms with Crippen molar-refractivity contribution in [3.05, 3.63) is 77.9 Å². The first kappa shape index (κ1) is 34.2. The summed E-state index contributed by atoms with van der Waals surface area (Å²) in [6.45, 7) is 9.28. The Hall–Kier alpha value is -4.25. The van der Waals surface area contributed by atoms with Crippen molar-refractivity contribution in [3.8, 4) is 17.2 Å². The van der Waals surface area contributed by atoms with Gasteiger partial charge < -0.3 is 24.4 Å². The zero-order valence-corrected chi connectivity index (χ0v) is 27.3. The molecule has 11 heteroatoms. The van der Waals surface area contributed by atoms with Crippen molar-refractivity contribution in [2.24, 2.45) is 0 Å². The van der Waals surface area contributed by atoms with Gasteiger partial charge in [0.1, 0.15) is 18.3 Å². The molecule has 0 heterocycles. The van der Waals surface area contributed by atoms with E-state index in [0.29, 0.717) is 18.1 Å². The zero-order chi connectivity index (χ0) is 32.4. The van der Waals surface area contributed by atoms with Crippen molar-refractivity contribution in [3.63, 3.8) is 0 Å². The number of nitrogens with one attached hydrogen (secondary N) is 1. The van der Waals surface area contributed by atoms with E-state index in [4.69, 9.17) is 14.2 Å². The van der Waals surface area contributed by atoms with Crippen molar-refractivity contribution in [2.45, 2.75) is 64.6 Å². The van der Waals surface area contributed by atoms with Crippen LogP contribution in [-0.2, 0) is 26.2 Å². The Morgan fingerprint density at radius 1 is 0.909 bits per heavy atom. The van der Waals surface area contributed by atoms with E-state index in [1.54, 1.807) is 31.2 Å². The van der Waals surface area contributed by atoms with E-state index < -0.39 is 28.5 Å². The third-order valence-corrected chi connectivity index (χ3v) is 9.03. The van der Waals surface area contributed by atoms with Crippen LogP contribution in [0.1, 0.15) is 45.2 Å². The number of anilines is 1. The second-order valence-corrected chi connectivity index (χ2v) is 12.3. The highest BCUT2D eigenvalue weighted by Gasteiger charge is 2.33. The lowest BCUT2D eigenvalue weighted by Crippen LogP contribution is -2.52. The molecule has 1 N–H and O–H groups in total. The van der Waals surface area contributed by atoms with Crippen LogP contribution in [0.3, 0.4) is 0 Å². The zero-order valence-electron chi connectivity index (χ0n) is 26.5. The second kappa shape index (κ2) is 15.5. The summed E-state index contributed by atoms with van der Waals surface area (Å²) < 4.78 is 45.6. The van der Waals surface area contributed by atoms with Gasteiger partial charge in [0.2, 0.25) is 11.8 Å². The van der Waals surface area contributed by atoms with Crippen LogP contribution in [0.5, 0.6) is 17.2 Å². The third kappa shape index (κ3) is 8.43. The fourth-order valence-electron chi connectivity index (χ4n) is 4.56. The molecule has 0 saturated heterocycles. The van der Waals surface area contributed by atoms with E-state index >= 15 is 0 Å². The van der Waals surface area contributed by atoms with Gasteiger partial charge in [0.25, 0.3) is 10.0 Å². The van der Waals surface area contributed by atoms with E-state index in [1.807, 2.05) is 52.0 Å². The number of methoxy groups -OCH3 is 2. The molecule has 2 atom stereocenters. The Bertz CT molecular complexity index is 1530. The van der Waals surface area contributed by atoms with Crippen LogP contribution in [0.15, 0.2) is 71.6 Å². The van der Waals surface area contributed by atoms with Gasteiger partial charge in [-0.1, -0.05) is 36.8 Å². The minimum absolute atomic E-state index is 0.0911. The van der Waals surface area contributed by atoms with Gasteiger partial charge in [-0.2, -0.15) is 0 Å². The summed E-state index contributed by atoms with van der Waals surface area (Å²) >= 11 is 0. The average molecular weight is 626 g/mol. The SMILES string of the molecule is CCOc1ccc(N(CC(=O)N(Cc2cccc(C)c2)[C@H](C)C(=O)N[C@@H](C)CC)S(=O)(=O)c2ccc(OC)c(OC)c2)cc1. The van der Waals surface area contributed by atoms with E-state index in [0.717, 1.165) is 21.9 Å². The number of sulfonamides is 1. The van der Waals surface area contributed by atoms with Crippen molar-refractivity contribution in [1.82, 2.24) is 10.2 Å². The minimum atomic E-state index is -4.30. The molecule has 0 fully saturated rings. The van der Waals surface area contributed by atoms with E-state index in [1.165, 1.54) is 37.3 Å². The fraction of sp³-hybridized carbons (Fsp3) is 0.394. The summed E-state index contributed by atoms with van der Waals surface area (Å²) in [7, 11) is -1.43. The van der Waals surface area contributed by atoms with Gasteiger partial charge in [0.15, 0.2) is 11.5 Å². The van der Waals surface area contributed by atoms with E-state index in [9.17, 15) is 18.0 Å². The lowest BCUT2D eigenvalue weighted by Gasteiger charge is -2.32. The molecule has 3 rings (SSSR count). The molecule has 238 valence electrons. The number of carbonyl (C=O) groups excluding carboxylic acids is 2. The monoisotopic (exact) mass is 625 g/mol. The lowest BCUT2D eigenvalue weighted by atomic mass is 10.1. The Labute approximate surface area is 261 Å². The third-order valence-electron chi connectivity index (χ3n) is 7.26. The maximum Gasteiger partial charge on any atom is 0.264 e. The molecule has 44 heavy (non-hydrogen) atoms. The van der Waals surface area contributed by atoms with E-state index in [2.05, 4.69) is 5.32 Å². The van der Waals surface area contributed by atoms with Gasteiger partial charge in [-0.05, 0) is 76.1 Å². The van der Waals surface area contributed by atoms with Crippen molar-refractivity contribution in [2.75, 3.05) is 31.7 Å². The quantitative estimate of drug-likeness (QED) is 0.255. The predicted octanol–water partition coefficient (Wildman–Crippen LogP) is 4.94. The van der Waals surface area contributed by atoms with Crippen LogP contribution >= 0.6 is 0 Å². The Morgan fingerprint density at radius 3 is 2.18 bits per heavy atom. The molecule has 3 aromatic carbocycles. The Morgan fingerprint density at radius 2 is 1.59 bits per heavy atom. The molecule has 0 aliphatic rings. The highest BCUT2D eigenvalue weighted by atomic mass is 32.2. The summed E-state index contributed by atoms with van der Waals surface area (Å²) in [6.07, 6.45) is 0.722. The van der Waals surface area contributed by atoms with Gasteiger partial charge in [-0.3, -0.25) is 13.9 Å². The summed E-state index contributed by atoms with van der Waals surface area (Å²) in [4.78, 5) is 28.7. The molecule has 2 amide bonds. The Kier molecular flexibility index (Phi) is 12.0. The largest absolute Gasteiger partial charge is 0.494 e. The van der Waals surface area contributed by atoms with Crippen LogP contribution in [0.25, 0.3) is 0 Å². The minimum Gasteiger partial charge on any atom is -0.494 e. The number of nitrogens with zero attached hydrogens (tertiary/aromatic N) is 2. The van der Waals surface area contributed by atoms with E-state index in [-0.39, 0.29) is 34.8 Å². The standard InChI is InChI=1S/C33H43N3O7S/c1-8-24(4)34-33(38)25(5)35(21-26-12-10-11-23(3)19-26)32(37)22-36(27-13-15-28(16-14-27)43-9-2)44(39,40)29-17-18-30(41-6)31(20-29)42-7/h10-20,24-25H,8-9,21-22H2,1-7H3,(H,34,38)/t24-,25+/m0/s1. The average Bonchev–Trinajstić information content (AvgIpc) is 3.02.